The number of halogens is 2. The van der Waals surface area contributed by atoms with Crippen LogP contribution in [0.3, 0.4) is 0 Å². The van der Waals surface area contributed by atoms with Crippen molar-refractivity contribution < 1.29 is 9.13 Å². The minimum absolute atomic E-state index is 0.107. The molecule has 32 heavy (non-hydrogen) atoms. The maximum Gasteiger partial charge on any atom is 0.292 e. The number of hydrogen-bond acceptors (Lipinski definition) is 5. The smallest absolute Gasteiger partial charge is 0.292 e. The molecule has 0 amide bonds. The lowest BCUT2D eigenvalue weighted by atomic mass is 9.95. The zero-order valence-electron chi connectivity index (χ0n) is 18.1. The molecule has 1 fully saturated rings. The minimum atomic E-state index is -0.386. The normalized spacial score (nSPS) is 17.1. The molecule has 1 aromatic heterocycles. The van der Waals surface area contributed by atoms with Gasteiger partial charge in [-0.1, -0.05) is 11.6 Å². The van der Waals surface area contributed by atoms with Crippen molar-refractivity contribution in [2.24, 2.45) is 5.92 Å². The van der Waals surface area contributed by atoms with Crippen LogP contribution in [0.25, 0.3) is 5.69 Å². The highest BCUT2D eigenvalue weighted by atomic mass is 35.5. The van der Waals surface area contributed by atoms with Gasteiger partial charge in [-0.25, -0.2) is 4.39 Å². The van der Waals surface area contributed by atoms with Crippen molar-refractivity contribution in [3.8, 4) is 5.69 Å². The molecule has 2 heterocycles. The maximum atomic E-state index is 13.2. The van der Waals surface area contributed by atoms with E-state index in [0.717, 1.165) is 30.8 Å². The lowest BCUT2D eigenvalue weighted by molar-refractivity contribution is 0.0496. The molecule has 168 valence electrons. The first kappa shape index (κ1) is 22.3. The van der Waals surface area contributed by atoms with Gasteiger partial charge in [0.15, 0.2) is 0 Å². The predicted molar refractivity (Wildman–Crippen MR) is 126 cm³/mol. The molecule has 1 N–H and O–H groups in total. The van der Waals surface area contributed by atoms with Gasteiger partial charge in [-0.2, -0.15) is 9.78 Å². The number of ether oxygens (including phenoxy) is 1. The van der Waals surface area contributed by atoms with Crippen molar-refractivity contribution >= 4 is 28.7 Å². The lowest BCUT2D eigenvalue weighted by Gasteiger charge is -2.29. The van der Waals surface area contributed by atoms with E-state index in [4.69, 9.17) is 16.3 Å². The first-order chi connectivity index (χ1) is 15.4. The van der Waals surface area contributed by atoms with Crippen LogP contribution in [0.4, 0.5) is 21.5 Å². The van der Waals surface area contributed by atoms with E-state index in [0.29, 0.717) is 23.9 Å². The van der Waals surface area contributed by atoms with Gasteiger partial charge in [0.2, 0.25) is 0 Å². The molecule has 1 saturated heterocycles. The summed E-state index contributed by atoms with van der Waals surface area (Å²) in [7, 11) is 1.89. The van der Waals surface area contributed by atoms with E-state index in [1.807, 2.05) is 24.1 Å². The molecular formula is C24H26ClFN4O2. The van der Waals surface area contributed by atoms with Gasteiger partial charge in [0.05, 0.1) is 24.2 Å². The standard InChI is InChI=1S/C24H26ClFN4O2/c1-16(17-4-3-13-32-15-17)28-22-14-27-30(24(31)23(22)25)21-11-9-20(10-12-21)29(2)19-7-5-18(26)6-8-19/h5-12,14,16-17,28H,3-4,13,15H2,1-2H3/t16-,17-/m1/s1. The Bertz CT molecular complexity index is 1110. The summed E-state index contributed by atoms with van der Waals surface area (Å²) in [4.78, 5) is 14.8. The van der Waals surface area contributed by atoms with Crippen molar-refractivity contribution in [1.29, 1.82) is 0 Å². The third-order valence-corrected chi connectivity index (χ3v) is 6.27. The highest BCUT2D eigenvalue weighted by Crippen LogP contribution is 2.26. The number of hydrogen-bond donors (Lipinski definition) is 1. The quantitative estimate of drug-likeness (QED) is 0.564. The van der Waals surface area contributed by atoms with E-state index < -0.39 is 0 Å². The molecule has 4 rings (SSSR count). The maximum absolute atomic E-state index is 13.2. The number of rotatable bonds is 6. The van der Waals surface area contributed by atoms with Crippen molar-refractivity contribution in [1.82, 2.24) is 9.78 Å². The zero-order valence-corrected chi connectivity index (χ0v) is 18.8. The van der Waals surface area contributed by atoms with Crippen molar-refractivity contribution in [2.75, 3.05) is 30.5 Å². The molecule has 0 unspecified atom stereocenters. The van der Waals surface area contributed by atoms with E-state index in [1.165, 1.54) is 16.8 Å². The summed E-state index contributed by atoms with van der Waals surface area (Å²) >= 11 is 6.40. The largest absolute Gasteiger partial charge is 0.381 e. The summed E-state index contributed by atoms with van der Waals surface area (Å²) < 4.78 is 20.0. The summed E-state index contributed by atoms with van der Waals surface area (Å²) in [5.74, 6) is 0.0899. The van der Waals surface area contributed by atoms with E-state index in [1.54, 1.807) is 30.5 Å². The minimum Gasteiger partial charge on any atom is -0.381 e. The monoisotopic (exact) mass is 456 g/mol. The fraction of sp³-hybridized carbons (Fsp3) is 0.333. The third kappa shape index (κ3) is 4.79. The Kier molecular flexibility index (Phi) is 6.77. The fourth-order valence-corrected chi connectivity index (χ4v) is 4.06. The summed E-state index contributed by atoms with van der Waals surface area (Å²) in [5, 5.41) is 7.75. The van der Waals surface area contributed by atoms with Crippen molar-refractivity contribution in [3.05, 3.63) is 75.9 Å². The average Bonchev–Trinajstić information content (AvgIpc) is 2.83. The molecule has 0 aliphatic carbocycles. The van der Waals surface area contributed by atoms with Crippen LogP contribution in [0.2, 0.25) is 5.02 Å². The molecule has 0 bridgehead atoms. The molecule has 0 radical (unpaired) electrons. The predicted octanol–water partition coefficient (Wildman–Crippen LogP) is 5.02. The van der Waals surface area contributed by atoms with Crippen LogP contribution >= 0.6 is 11.6 Å². The van der Waals surface area contributed by atoms with Gasteiger partial charge in [-0.3, -0.25) is 4.79 Å². The number of aromatic nitrogens is 2. The van der Waals surface area contributed by atoms with Crippen LogP contribution in [0.1, 0.15) is 19.8 Å². The summed E-state index contributed by atoms with van der Waals surface area (Å²) in [6.07, 6.45) is 3.70. The Morgan fingerprint density at radius 1 is 1.19 bits per heavy atom. The van der Waals surface area contributed by atoms with E-state index in [-0.39, 0.29) is 22.4 Å². The summed E-state index contributed by atoms with van der Waals surface area (Å²) in [6.45, 7) is 3.58. The third-order valence-electron chi connectivity index (χ3n) is 5.90. The number of nitrogens with zero attached hydrogens (tertiary/aromatic N) is 3. The van der Waals surface area contributed by atoms with Crippen LogP contribution in [-0.2, 0) is 4.74 Å². The first-order valence-corrected chi connectivity index (χ1v) is 11.0. The molecule has 8 heteroatoms. The highest BCUT2D eigenvalue weighted by molar-refractivity contribution is 6.33. The van der Waals surface area contributed by atoms with E-state index >= 15 is 0 Å². The van der Waals surface area contributed by atoms with Gasteiger partial charge >= 0.3 is 0 Å². The Labute approximate surface area is 191 Å². The second-order valence-electron chi connectivity index (χ2n) is 8.05. The molecule has 1 aliphatic rings. The topological polar surface area (TPSA) is 59.4 Å². The van der Waals surface area contributed by atoms with Gasteiger partial charge in [0, 0.05) is 37.0 Å². The van der Waals surface area contributed by atoms with Crippen molar-refractivity contribution in [2.45, 2.75) is 25.8 Å². The number of nitrogens with one attached hydrogen (secondary N) is 1. The molecular weight excluding hydrogens is 431 g/mol. The van der Waals surface area contributed by atoms with Gasteiger partial charge in [-0.15, -0.1) is 0 Å². The molecule has 0 saturated carbocycles. The fourth-order valence-electron chi connectivity index (χ4n) is 3.87. The summed E-state index contributed by atoms with van der Waals surface area (Å²) in [6, 6.07) is 13.7. The van der Waals surface area contributed by atoms with E-state index in [2.05, 4.69) is 17.3 Å². The number of benzene rings is 2. The van der Waals surface area contributed by atoms with Crippen LogP contribution in [0, 0.1) is 11.7 Å². The lowest BCUT2D eigenvalue weighted by Crippen LogP contribution is -2.33. The second kappa shape index (κ2) is 9.71. The Morgan fingerprint density at radius 3 is 2.47 bits per heavy atom. The van der Waals surface area contributed by atoms with Gasteiger partial charge in [0.1, 0.15) is 10.8 Å². The van der Waals surface area contributed by atoms with Gasteiger partial charge in [0.25, 0.3) is 5.56 Å². The Morgan fingerprint density at radius 2 is 1.84 bits per heavy atom. The van der Waals surface area contributed by atoms with E-state index in [9.17, 15) is 9.18 Å². The van der Waals surface area contributed by atoms with Crippen LogP contribution < -0.4 is 15.8 Å². The van der Waals surface area contributed by atoms with Gasteiger partial charge in [-0.05, 0) is 68.3 Å². The Hall–Kier alpha value is -2.90. The van der Waals surface area contributed by atoms with Crippen LogP contribution in [0.5, 0.6) is 0 Å². The Balaban J connectivity index is 1.51. The molecule has 0 spiro atoms. The van der Waals surface area contributed by atoms with Crippen molar-refractivity contribution in [3.63, 3.8) is 0 Å². The molecule has 2 aromatic carbocycles. The highest BCUT2D eigenvalue weighted by Gasteiger charge is 2.22. The summed E-state index contributed by atoms with van der Waals surface area (Å²) in [5.41, 5.74) is 2.49. The molecule has 6 nitrogen and oxygen atoms in total. The average molecular weight is 457 g/mol. The number of anilines is 3. The molecule has 3 aromatic rings. The first-order valence-electron chi connectivity index (χ1n) is 10.7. The molecule has 2 atom stereocenters. The van der Waals surface area contributed by atoms with Crippen LogP contribution in [0.15, 0.2) is 59.5 Å². The van der Waals surface area contributed by atoms with Gasteiger partial charge < -0.3 is 15.0 Å². The van der Waals surface area contributed by atoms with Crippen LogP contribution in [-0.4, -0.2) is 36.1 Å². The zero-order chi connectivity index (χ0) is 22.7. The second-order valence-corrected chi connectivity index (χ2v) is 8.43. The molecule has 1 aliphatic heterocycles. The SMILES string of the molecule is C[C@@H](Nc1cnn(-c2ccc(N(C)c3ccc(F)cc3)cc2)c(=O)c1Cl)[C@@H]1CCCOC1.